The van der Waals surface area contributed by atoms with Crippen LogP contribution >= 0.6 is 0 Å². The molecule has 0 aliphatic carbocycles. The Labute approximate surface area is 152 Å². The Morgan fingerprint density at radius 1 is 1.08 bits per heavy atom. The average Bonchev–Trinajstić information content (AvgIpc) is 2.97. The van der Waals surface area contributed by atoms with Crippen molar-refractivity contribution in [2.75, 3.05) is 7.05 Å². The zero-order valence-corrected chi connectivity index (χ0v) is 15.3. The molecular formula is C19H21N3O3S. The van der Waals surface area contributed by atoms with Crippen molar-refractivity contribution in [1.29, 1.82) is 0 Å². The number of likely N-dealkylation sites (N-methyl/N-ethyl adjacent to an activating group) is 1. The highest BCUT2D eigenvalue weighted by atomic mass is 32.2. The first-order chi connectivity index (χ1) is 12.3. The topological polar surface area (TPSA) is 96.3 Å². The first kappa shape index (κ1) is 18.2. The number of carbonyl (C=O) groups is 1. The second-order valence-electron chi connectivity index (χ2n) is 6.38. The SMILES string of the molecule is CN(Cc1cc2ccccc2[nH]1)C(=O)Cc1ccccc1CS(N)(=O)=O. The van der Waals surface area contributed by atoms with Crippen LogP contribution in [0.3, 0.4) is 0 Å². The van der Waals surface area contributed by atoms with Gasteiger partial charge in [-0.2, -0.15) is 0 Å². The number of benzene rings is 2. The maximum atomic E-state index is 12.6. The number of hydrogen-bond donors (Lipinski definition) is 2. The minimum atomic E-state index is -3.65. The van der Waals surface area contributed by atoms with Crippen LogP contribution in [-0.4, -0.2) is 31.3 Å². The van der Waals surface area contributed by atoms with Crippen LogP contribution in [0.2, 0.25) is 0 Å². The largest absolute Gasteiger partial charge is 0.357 e. The molecule has 0 unspecified atom stereocenters. The van der Waals surface area contributed by atoms with Crippen molar-refractivity contribution in [3.05, 3.63) is 71.4 Å². The number of hydrogen-bond acceptors (Lipinski definition) is 3. The number of primary sulfonamides is 1. The number of sulfonamides is 1. The molecule has 0 aliphatic heterocycles. The van der Waals surface area contributed by atoms with Crippen LogP contribution in [0.5, 0.6) is 0 Å². The van der Waals surface area contributed by atoms with Crippen molar-refractivity contribution in [2.24, 2.45) is 5.14 Å². The summed E-state index contributed by atoms with van der Waals surface area (Å²) in [6.07, 6.45) is 0.127. The van der Waals surface area contributed by atoms with Crippen molar-refractivity contribution >= 4 is 26.8 Å². The van der Waals surface area contributed by atoms with Gasteiger partial charge in [0.05, 0.1) is 18.7 Å². The molecule has 1 aromatic heterocycles. The summed E-state index contributed by atoms with van der Waals surface area (Å²) in [7, 11) is -1.92. The standard InChI is InChI=1S/C19H21N3O3S/c1-22(12-17-10-15-7-4-5-9-18(15)21-17)19(23)11-14-6-2-3-8-16(14)13-26(20,24)25/h2-10,21H,11-13H2,1H3,(H2,20,24,25). The Bertz CT molecular complexity index is 1010. The molecule has 0 saturated heterocycles. The van der Waals surface area contributed by atoms with Gasteiger partial charge in [-0.05, 0) is 28.6 Å². The van der Waals surface area contributed by atoms with Crippen molar-refractivity contribution in [3.63, 3.8) is 0 Å². The molecule has 0 radical (unpaired) electrons. The van der Waals surface area contributed by atoms with Crippen LogP contribution in [0, 0.1) is 0 Å². The van der Waals surface area contributed by atoms with E-state index in [-0.39, 0.29) is 18.1 Å². The summed E-state index contributed by atoms with van der Waals surface area (Å²) in [5.41, 5.74) is 3.21. The third-order valence-corrected chi connectivity index (χ3v) is 4.95. The number of para-hydroxylation sites is 1. The van der Waals surface area contributed by atoms with Crippen LogP contribution in [0.25, 0.3) is 10.9 Å². The van der Waals surface area contributed by atoms with Crippen LogP contribution in [0.1, 0.15) is 16.8 Å². The monoisotopic (exact) mass is 371 g/mol. The zero-order chi connectivity index (χ0) is 18.7. The molecule has 0 saturated carbocycles. The summed E-state index contributed by atoms with van der Waals surface area (Å²) in [6, 6.07) is 16.9. The summed E-state index contributed by atoms with van der Waals surface area (Å²) in [6.45, 7) is 0.449. The van der Waals surface area contributed by atoms with Gasteiger partial charge in [0.2, 0.25) is 15.9 Å². The molecule has 0 spiro atoms. The fourth-order valence-corrected chi connectivity index (χ4v) is 3.66. The van der Waals surface area contributed by atoms with E-state index >= 15 is 0 Å². The number of nitrogens with zero attached hydrogens (tertiary/aromatic N) is 1. The first-order valence-corrected chi connectivity index (χ1v) is 9.91. The Hall–Kier alpha value is -2.64. The number of amides is 1. The quantitative estimate of drug-likeness (QED) is 0.695. The number of carbonyl (C=O) groups excluding carboxylic acids is 1. The number of nitrogens with two attached hydrogens (primary N) is 1. The Balaban J connectivity index is 1.71. The lowest BCUT2D eigenvalue weighted by Crippen LogP contribution is -2.28. The van der Waals surface area contributed by atoms with Gasteiger partial charge in [-0.3, -0.25) is 4.79 Å². The number of aromatic nitrogens is 1. The number of nitrogens with one attached hydrogen (secondary N) is 1. The highest BCUT2D eigenvalue weighted by molar-refractivity contribution is 7.88. The summed E-state index contributed by atoms with van der Waals surface area (Å²) in [5.74, 6) is -0.368. The summed E-state index contributed by atoms with van der Waals surface area (Å²) < 4.78 is 22.8. The third-order valence-electron chi connectivity index (χ3n) is 4.24. The summed E-state index contributed by atoms with van der Waals surface area (Å²) in [5, 5.41) is 6.24. The highest BCUT2D eigenvalue weighted by Crippen LogP contribution is 2.17. The molecule has 1 heterocycles. The van der Waals surface area contributed by atoms with Gasteiger partial charge in [0.15, 0.2) is 0 Å². The van der Waals surface area contributed by atoms with E-state index in [1.807, 2.05) is 30.3 Å². The highest BCUT2D eigenvalue weighted by Gasteiger charge is 2.15. The fraction of sp³-hybridized carbons (Fsp3) is 0.211. The van der Waals surface area contributed by atoms with E-state index in [4.69, 9.17) is 5.14 Å². The number of H-pyrrole nitrogens is 1. The van der Waals surface area contributed by atoms with Crippen LogP contribution in [-0.2, 0) is 33.5 Å². The molecule has 0 aliphatic rings. The first-order valence-electron chi connectivity index (χ1n) is 8.20. The van der Waals surface area contributed by atoms with Gasteiger partial charge in [0, 0.05) is 18.3 Å². The van der Waals surface area contributed by atoms with Crippen LogP contribution in [0.15, 0.2) is 54.6 Å². The average molecular weight is 371 g/mol. The predicted molar refractivity (Wildman–Crippen MR) is 102 cm³/mol. The third kappa shape index (κ3) is 4.50. The smallest absolute Gasteiger partial charge is 0.227 e. The van der Waals surface area contributed by atoms with Gasteiger partial charge in [-0.1, -0.05) is 42.5 Å². The van der Waals surface area contributed by atoms with Crippen molar-refractivity contribution in [3.8, 4) is 0 Å². The molecule has 3 N–H and O–H groups in total. The fourth-order valence-electron chi connectivity index (χ4n) is 2.95. The molecule has 7 heteroatoms. The minimum Gasteiger partial charge on any atom is -0.357 e. The Kier molecular flexibility index (Phi) is 5.11. The zero-order valence-electron chi connectivity index (χ0n) is 14.5. The minimum absolute atomic E-state index is 0.0921. The van der Waals surface area contributed by atoms with E-state index < -0.39 is 10.0 Å². The number of fused-ring (bicyclic) bond motifs is 1. The number of rotatable bonds is 6. The lowest BCUT2D eigenvalue weighted by atomic mass is 10.1. The maximum absolute atomic E-state index is 12.6. The van der Waals surface area contributed by atoms with Crippen molar-refractivity contribution in [1.82, 2.24) is 9.88 Å². The van der Waals surface area contributed by atoms with E-state index in [0.29, 0.717) is 17.7 Å². The molecule has 136 valence electrons. The van der Waals surface area contributed by atoms with Gasteiger partial charge in [-0.15, -0.1) is 0 Å². The second kappa shape index (κ2) is 7.31. The lowest BCUT2D eigenvalue weighted by molar-refractivity contribution is -0.129. The van der Waals surface area contributed by atoms with E-state index in [1.165, 1.54) is 0 Å². The lowest BCUT2D eigenvalue weighted by Gasteiger charge is -2.17. The normalized spacial score (nSPS) is 11.6. The van der Waals surface area contributed by atoms with Crippen LogP contribution in [0.4, 0.5) is 0 Å². The molecule has 0 fully saturated rings. The summed E-state index contributed by atoms with van der Waals surface area (Å²) in [4.78, 5) is 17.5. The van der Waals surface area contributed by atoms with Gasteiger partial charge in [-0.25, -0.2) is 13.6 Å². The van der Waals surface area contributed by atoms with Crippen LogP contribution < -0.4 is 5.14 Å². The molecular weight excluding hydrogens is 350 g/mol. The Morgan fingerprint density at radius 2 is 1.73 bits per heavy atom. The van der Waals surface area contributed by atoms with Gasteiger partial charge < -0.3 is 9.88 Å². The van der Waals surface area contributed by atoms with Gasteiger partial charge >= 0.3 is 0 Å². The van der Waals surface area contributed by atoms with Gasteiger partial charge in [0.1, 0.15) is 0 Å². The van der Waals surface area contributed by atoms with E-state index in [9.17, 15) is 13.2 Å². The van der Waals surface area contributed by atoms with E-state index in [2.05, 4.69) is 4.98 Å². The van der Waals surface area contributed by atoms with E-state index in [0.717, 1.165) is 16.6 Å². The molecule has 26 heavy (non-hydrogen) atoms. The molecule has 0 bridgehead atoms. The van der Waals surface area contributed by atoms with Gasteiger partial charge in [0.25, 0.3) is 0 Å². The molecule has 6 nitrogen and oxygen atoms in total. The maximum Gasteiger partial charge on any atom is 0.227 e. The van der Waals surface area contributed by atoms with E-state index in [1.54, 1.807) is 36.2 Å². The summed E-state index contributed by atoms with van der Waals surface area (Å²) >= 11 is 0. The second-order valence-corrected chi connectivity index (χ2v) is 8.00. The molecule has 0 atom stereocenters. The number of aromatic amines is 1. The predicted octanol–water partition coefficient (Wildman–Crippen LogP) is 2.16. The van der Waals surface area contributed by atoms with Crippen molar-refractivity contribution in [2.45, 2.75) is 18.7 Å². The molecule has 2 aromatic carbocycles. The molecule has 3 aromatic rings. The Morgan fingerprint density at radius 3 is 2.42 bits per heavy atom. The molecule has 1 amide bonds. The molecule has 3 rings (SSSR count). The van der Waals surface area contributed by atoms with Crippen molar-refractivity contribution < 1.29 is 13.2 Å².